The second-order valence-electron chi connectivity index (χ2n) is 6.99. The first-order chi connectivity index (χ1) is 15.5. The highest BCUT2D eigenvalue weighted by Gasteiger charge is 2.40. The van der Waals surface area contributed by atoms with E-state index in [2.05, 4.69) is 5.32 Å². The molecule has 32 heavy (non-hydrogen) atoms. The van der Waals surface area contributed by atoms with Gasteiger partial charge in [0, 0.05) is 49.2 Å². The van der Waals surface area contributed by atoms with Crippen LogP contribution in [0.3, 0.4) is 0 Å². The van der Waals surface area contributed by atoms with Gasteiger partial charge in [0.1, 0.15) is 22.9 Å². The summed E-state index contributed by atoms with van der Waals surface area (Å²) in [5, 5.41) is 3.12. The Labute approximate surface area is 187 Å². The van der Waals surface area contributed by atoms with E-state index in [0.29, 0.717) is 48.1 Å². The number of imide groups is 1. The van der Waals surface area contributed by atoms with Crippen molar-refractivity contribution in [1.29, 1.82) is 0 Å². The molecule has 0 bridgehead atoms. The smallest absolute Gasteiger partial charge is 0.278 e. The average molecular weight is 440 g/mol. The summed E-state index contributed by atoms with van der Waals surface area (Å²) in [6.45, 7) is 3.20. The van der Waals surface area contributed by atoms with Crippen LogP contribution < -0.4 is 19.5 Å². The number of para-hydroxylation sites is 1. The van der Waals surface area contributed by atoms with E-state index in [1.54, 1.807) is 50.6 Å². The van der Waals surface area contributed by atoms with Crippen LogP contribution in [0.5, 0.6) is 17.2 Å². The van der Waals surface area contributed by atoms with E-state index in [1.807, 2.05) is 13.0 Å². The Morgan fingerprint density at radius 3 is 2.22 bits per heavy atom. The summed E-state index contributed by atoms with van der Waals surface area (Å²) >= 11 is 0. The quantitative estimate of drug-likeness (QED) is 0.424. The molecule has 0 saturated heterocycles. The van der Waals surface area contributed by atoms with E-state index in [-0.39, 0.29) is 23.7 Å². The molecule has 3 rings (SSSR count). The molecule has 0 spiro atoms. The van der Waals surface area contributed by atoms with Crippen molar-refractivity contribution in [1.82, 2.24) is 4.90 Å². The van der Waals surface area contributed by atoms with Crippen molar-refractivity contribution < 1.29 is 28.5 Å². The van der Waals surface area contributed by atoms with Gasteiger partial charge in [-0.25, -0.2) is 0 Å². The van der Waals surface area contributed by atoms with Crippen LogP contribution in [0.1, 0.15) is 18.9 Å². The van der Waals surface area contributed by atoms with Gasteiger partial charge in [-0.2, -0.15) is 0 Å². The van der Waals surface area contributed by atoms with Crippen molar-refractivity contribution >= 4 is 23.1 Å². The lowest BCUT2D eigenvalue weighted by atomic mass is 10.0. The largest absolute Gasteiger partial charge is 0.497 e. The molecule has 0 saturated carbocycles. The number of carbonyl (C=O) groups excluding carboxylic acids is 2. The van der Waals surface area contributed by atoms with Gasteiger partial charge < -0.3 is 24.3 Å². The van der Waals surface area contributed by atoms with E-state index in [0.717, 1.165) is 0 Å². The number of ether oxygens (including phenoxy) is 4. The lowest BCUT2D eigenvalue weighted by Crippen LogP contribution is -2.34. The van der Waals surface area contributed by atoms with E-state index in [1.165, 1.54) is 12.0 Å². The zero-order valence-electron chi connectivity index (χ0n) is 18.8. The number of hydrogen-bond acceptors (Lipinski definition) is 7. The van der Waals surface area contributed by atoms with Crippen molar-refractivity contribution in [3.63, 3.8) is 0 Å². The summed E-state index contributed by atoms with van der Waals surface area (Å²) in [6, 6.07) is 12.3. The SMILES string of the molecule is CCOCCCN1C(=O)C(Nc2cc(OC)cc(OC)c2)=C(c2ccccc2OC)C1=O. The molecule has 2 amide bonds. The van der Waals surface area contributed by atoms with E-state index < -0.39 is 5.91 Å². The van der Waals surface area contributed by atoms with Gasteiger partial charge in [-0.3, -0.25) is 14.5 Å². The number of benzene rings is 2. The van der Waals surface area contributed by atoms with Gasteiger partial charge in [0.05, 0.1) is 26.9 Å². The van der Waals surface area contributed by atoms with Gasteiger partial charge >= 0.3 is 0 Å². The van der Waals surface area contributed by atoms with Crippen molar-refractivity contribution in [3.05, 3.63) is 53.7 Å². The molecule has 0 aliphatic carbocycles. The van der Waals surface area contributed by atoms with Crippen molar-refractivity contribution in [2.24, 2.45) is 0 Å². The molecule has 1 heterocycles. The van der Waals surface area contributed by atoms with Gasteiger partial charge in [0.25, 0.3) is 11.8 Å². The number of anilines is 1. The summed E-state index contributed by atoms with van der Waals surface area (Å²) in [4.78, 5) is 27.9. The predicted molar refractivity (Wildman–Crippen MR) is 121 cm³/mol. The Morgan fingerprint density at radius 1 is 0.906 bits per heavy atom. The van der Waals surface area contributed by atoms with Crippen LogP contribution in [0.15, 0.2) is 48.2 Å². The molecule has 2 aromatic carbocycles. The number of amides is 2. The molecule has 2 aromatic rings. The first kappa shape index (κ1) is 23.1. The second-order valence-corrected chi connectivity index (χ2v) is 6.99. The summed E-state index contributed by atoms with van der Waals surface area (Å²) in [6.07, 6.45) is 0.546. The molecular weight excluding hydrogens is 412 g/mol. The summed E-state index contributed by atoms with van der Waals surface area (Å²) in [7, 11) is 4.62. The predicted octanol–water partition coefficient (Wildman–Crippen LogP) is 3.33. The maximum atomic E-state index is 13.4. The fraction of sp³-hybridized carbons (Fsp3) is 0.333. The van der Waals surface area contributed by atoms with Crippen LogP contribution >= 0.6 is 0 Å². The molecule has 0 fully saturated rings. The molecule has 170 valence electrons. The highest BCUT2D eigenvalue weighted by Crippen LogP contribution is 2.36. The van der Waals surface area contributed by atoms with Crippen LogP contribution in [-0.4, -0.2) is 57.8 Å². The summed E-state index contributed by atoms with van der Waals surface area (Å²) in [5.74, 6) is 0.818. The van der Waals surface area contributed by atoms with Gasteiger partial charge in [0.2, 0.25) is 0 Å². The van der Waals surface area contributed by atoms with E-state index in [4.69, 9.17) is 18.9 Å². The maximum absolute atomic E-state index is 13.4. The van der Waals surface area contributed by atoms with Crippen LogP contribution in [0.2, 0.25) is 0 Å². The monoisotopic (exact) mass is 440 g/mol. The van der Waals surface area contributed by atoms with Crippen LogP contribution in [0.25, 0.3) is 5.57 Å². The minimum absolute atomic E-state index is 0.172. The Morgan fingerprint density at radius 2 is 1.59 bits per heavy atom. The van der Waals surface area contributed by atoms with E-state index >= 15 is 0 Å². The number of hydrogen-bond donors (Lipinski definition) is 1. The number of nitrogens with zero attached hydrogens (tertiary/aromatic N) is 1. The van der Waals surface area contributed by atoms with E-state index in [9.17, 15) is 9.59 Å². The molecule has 0 atom stereocenters. The molecule has 8 nitrogen and oxygen atoms in total. The van der Waals surface area contributed by atoms with Crippen molar-refractivity contribution in [2.45, 2.75) is 13.3 Å². The molecular formula is C24H28N2O6. The number of rotatable bonds is 11. The Balaban J connectivity index is 2.03. The molecule has 1 N–H and O–H groups in total. The molecule has 1 aliphatic heterocycles. The highest BCUT2D eigenvalue weighted by atomic mass is 16.5. The molecule has 1 aliphatic rings. The first-order valence-electron chi connectivity index (χ1n) is 10.4. The number of nitrogens with one attached hydrogen (secondary N) is 1. The lowest BCUT2D eigenvalue weighted by molar-refractivity contribution is -0.137. The molecule has 0 radical (unpaired) electrons. The minimum Gasteiger partial charge on any atom is -0.497 e. The van der Waals surface area contributed by atoms with Crippen molar-refractivity contribution in [2.75, 3.05) is 46.4 Å². The van der Waals surface area contributed by atoms with Crippen molar-refractivity contribution in [3.8, 4) is 17.2 Å². The third-order valence-electron chi connectivity index (χ3n) is 5.04. The average Bonchev–Trinajstić information content (AvgIpc) is 3.05. The van der Waals surface area contributed by atoms with Crippen LogP contribution in [0, 0.1) is 0 Å². The van der Waals surface area contributed by atoms with Gasteiger partial charge in [0.15, 0.2) is 0 Å². The molecule has 0 unspecified atom stereocenters. The van der Waals surface area contributed by atoms with Gasteiger partial charge in [-0.1, -0.05) is 18.2 Å². The zero-order valence-corrected chi connectivity index (χ0v) is 18.8. The lowest BCUT2D eigenvalue weighted by Gasteiger charge is -2.15. The number of carbonyl (C=O) groups is 2. The fourth-order valence-corrected chi connectivity index (χ4v) is 3.49. The third-order valence-corrected chi connectivity index (χ3v) is 5.04. The van der Waals surface area contributed by atoms with Gasteiger partial charge in [-0.05, 0) is 19.4 Å². The summed E-state index contributed by atoms with van der Waals surface area (Å²) < 4.78 is 21.5. The highest BCUT2D eigenvalue weighted by molar-refractivity contribution is 6.37. The van der Waals surface area contributed by atoms with Gasteiger partial charge in [-0.15, -0.1) is 0 Å². The Bertz CT molecular complexity index is 995. The Kier molecular flexibility index (Phi) is 7.72. The fourth-order valence-electron chi connectivity index (χ4n) is 3.49. The maximum Gasteiger partial charge on any atom is 0.278 e. The number of methoxy groups -OCH3 is 3. The second kappa shape index (κ2) is 10.7. The third kappa shape index (κ3) is 4.86. The normalized spacial score (nSPS) is 13.6. The first-order valence-corrected chi connectivity index (χ1v) is 10.4. The molecule has 8 heteroatoms. The standard InChI is InChI=1S/C24H28N2O6/c1-5-32-12-8-11-26-23(27)21(19-9-6-7-10-20(19)31-4)22(24(26)28)25-16-13-17(29-2)15-18(14-16)30-3/h6-7,9-10,13-15,25H,5,8,11-12H2,1-4H3. The topological polar surface area (TPSA) is 86.3 Å². The van der Waals surface area contributed by atoms with Crippen LogP contribution in [-0.2, 0) is 14.3 Å². The summed E-state index contributed by atoms with van der Waals surface area (Å²) in [5.41, 5.74) is 1.52. The van der Waals surface area contributed by atoms with Crippen LogP contribution in [0.4, 0.5) is 5.69 Å². The molecule has 0 aromatic heterocycles. The zero-order chi connectivity index (χ0) is 23.1. The Hall–Kier alpha value is -3.52. The minimum atomic E-state index is -0.408.